The van der Waals surface area contributed by atoms with Crippen molar-refractivity contribution in [3.05, 3.63) is 17.5 Å². The molecule has 0 aromatic carbocycles. The molecule has 27 heavy (non-hydrogen) atoms. The third-order valence-electron chi connectivity index (χ3n) is 4.18. The molecular weight excluding hydrogens is 379 g/mol. The van der Waals surface area contributed by atoms with Crippen molar-refractivity contribution in [2.45, 2.75) is 45.9 Å². The highest BCUT2D eigenvalue weighted by Crippen LogP contribution is 2.27. The summed E-state index contributed by atoms with van der Waals surface area (Å²) in [5.41, 5.74) is 0.732. The van der Waals surface area contributed by atoms with Crippen molar-refractivity contribution in [3.8, 4) is 0 Å². The van der Waals surface area contributed by atoms with Crippen LogP contribution in [0.25, 0.3) is 0 Å². The fourth-order valence-corrected chi connectivity index (χ4v) is 3.88. The van der Waals surface area contributed by atoms with Crippen LogP contribution in [-0.4, -0.2) is 53.2 Å². The SMILES string of the molecule is CC(C)(C)OC(=O)N1Cc2cnc(N3CC(CS(=O)(=O)F)CC3=O)nc2C1. The Balaban J connectivity index is 1.71. The van der Waals surface area contributed by atoms with Gasteiger partial charge >= 0.3 is 16.3 Å². The van der Waals surface area contributed by atoms with Gasteiger partial charge in [-0.15, -0.1) is 3.89 Å². The van der Waals surface area contributed by atoms with Crippen LogP contribution in [0.3, 0.4) is 0 Å². The van der Waals surface area contributed by atoms with Crippen molar-refractivity contribution >= 4 is 28.2 Å². The normalized spacial score (nSPS) is 20.1. The predicted molar refractivity (Wildman–Crippen MR) is 92.9 cm³/mol. The molecule has 1 aromatic heterocycles. The number of aromatic nitrogens is 2. The zero-order chi connectivity index (χ0) is 20.0. The first kappa shape index (κ1) is 19.5. The molecule has 2 aliphatic rings. The van der Waals surface area contributed by atoms with Gasteiger partial charge in [-0.2, -0.15) is 8.42 Å². The van der Waals surface area contributed by atoms with Crippen molar-refractivity contribution in [3.63, 3.8) is 0 Å². The Kier molecular flexibility index (Phi) is 4.83. The van der Waals surface area contributed by atoms with Gasteiger partial charge in [0.15, 0.2) is 0 Å². The summed E-state index contributed by atoms with van der Waals surface area (Å²) in [5, 5.41) is 0. The summed E-state index contributed by atoms with van der Waals surface area (Å²) in [6.07, 6.45) is 0.995. The number of halogens is 1. The largest absolute Gasteiger partial charge is 0.444 e. The highest BCUT2D eigenvalue weighted by Gasteiger charge is 2.36. The Morgan fingerprint density at radius 1 is 1.37 bits per heavy atom. The number of anilines is 1. The maximum absolute atomic E-state index is 12.9. The van der Waals surface area contributed by atoms with E-state index in [-0.39, 0.29) is 31.4 Å². The van der Waals surface area contributed by atoms with Gasteiger partial charge in [-0.1, -0.05) is 0 Å². The van der Waals surface area contributed by atoms with Crippen LogP contribution in [0.2, 0.25) is 0 Å². The molecular formula is C16H21FN4O5S. The maximum Gasteiger partial charge on any atom is 0.410 e. The van der Waals surface area contributed by atoms with E-state index in [2.05, 4.69) is 9.97 Å². The minimum absolute atomic E-state index is 0.0382. The lowest BCUT2D eigenvalue weighted by Crippen LogP contribution is -2.33. The molecule has 1 atom stereocenters. The Bertz CT molecular complexity index is 883. The van der Waals surface area contributed by atoms with Crippen molar-refractivity contribution in [1.82, 2.24) is 14.9 Å². The molecule has 0 saturated carbocycles. The first-order chi connectivity index (χ1) is 12.4. The highest BCUT2D eigenvalue weighted by molar-refractivity contribution is 7.86. The smallest absolute Gasteiger partial charge is 0.410 e. The minimum atomic E-state index is -4.66. The molecule has 3 heterocycles. The Morgan fingerprint density at radius 3 is 2.70 bits per heavy atom. The molecule has 0 N–H and O–H groups in total. The molecule has 0 bridgehead atoms. The summed E-state index contributed by atoms with van der Waals surface area (Å²) in [7, 11) is -4.66. The number of carbonyl (C=O) groups is 2. The highest BCUT2D eigenvalue weighted by atomic mass is 32.3. The van der Waals surface area contributed by atoms with Crippen LogP contribution < -0.4 is 4.90 Å². The monoisotopic (exact) mass is 400 g/mol. The van der Waals surface area contributed by atoms with Gasteiger partial charge in [0.05, 0.1) is 24.5 Å². The Morgan fingerprint density at radius 2 is 2.07 bits per heavy atom. The van der Waals surface area contributed by atoms with Gasteiger partial charge < -0.3 is 4.74 Å². The number of fused-ring (bicyclic) bond motifs is 1. The van der Waals surface area contributed by atoms with Gasteiger partial charge in [0.2, 0.25) is 11.9 Å². The second kappa shape index (κ2) is 6.70. The maximum atomic E-state index is 12.9. The zero-order valence-electron chi connectivity index (χ0n) is 15.3. The van der Waals surface area contributed by atoms with Gasteiger partial charge in [-0.05, 0) is 20.8 Å². The fourth-order valence-electron chi connectivity index (χ4n) is 3.10. The number of hydrogen-bond donors (Lipinski definition) is 0. The number of hydrogen-bond acceptors (Lipinski definition) is 7. The predicted octanol–water partition coefficient (Wildman–Crippen LogP) is 1.38. The first-order valence-electron chi connectivity index (χ1n) is 8.47. The van der Waals surface area contributed by atoms with E-state index in [9.17, 15) is 21.9 Å². The average molecular weight is 400 g/mol. The lowest BCUT2D eigenvalue weighted by Gasteiger charge is -2.23. The van der Waals surface area contributed by atoms with Crippen LogP contribution in [0, 0.1) is 5.92 Å². The molecule has 0 aliphatic carbocycles. The first-order valence-corrected chi connectivity index (χ1v) is 10.0. The van der Waals surface area contributed by atoms with Crippen LogP contribution in [0.1, 0.15) is 38.4 Å². The molecule has 2 amide bonds. The number of ether oxygens (including phenoxy) is 1. The molecule has 2 aliphatic heterocycles. The van der Waals surface area contributed by atoms with E-state index in [1.165, 1.54) is 16.0 Å². The molecule has 3 rings (SSSR count). The van der Waals surface area contributed by atoms with Crippen molar-refractivity contribution in [2.24, 2.45) is 5.92 Å². The average Bonchev–Trinajstić information content (AvgIpc) is 3.06. The standard InChI is InChI=1S/C16H21FN4O5S/c1-16(2,3)26-15(23)20-7-11-5-18-14(19-12(11)8-20)21-6-10(4-13(21)22)9-27(17,24)25/h5,10H,4,6-9H2,1-3H3. The van der Waals surface area contributed by atoms with Crippen LogP contribution in [0.15, 0.2) is 6.20 Å². The molecule has 1 saturated heterocycles. The van der Waals surface area contributed by atoms with E-state index in [0.29, 0.717) is 12.2 Å². The molecule has 9 nitrogen and oxygen atoms in total. The summed E-state index contributed by atoms with van der Waals surface area (Å²) < 4.78 is 39.8. The lowest BCUT2D eigenvalue weighted by molar-refractivity contribution is -0.117. The van der Waals surface area contributed by atoms with Crippen molar-refractivity contribution in [1.29, 1.82) is 0 Å². The van der Waals surface area contributed by atoms with Crippen LogP contribution in [0.4, 0.5) is 14.6 Å². The quantitative estimate of drug-likeness (QED) is 0.705. The fraction of sp³-hybridized carbons (Fsp3) is 0.625. The van der Waals surface area contributed by atoms with Crippen molar-refractivity contribution in [2.75, 3.05) is 17.2 Å². The van der Waals surface area contributed by atoms with Gasteiger partial charge in [0, 0.05) is 30.6 Å². The molecule has 1 unspecified atom stereocenters. The van der Waals surface area contributed by atoms with E-state index in [1.807, 2.05) is 0 Å². The molecule has 11 heteroatoms. The molecule has 1 aromatic rings. The van der Waals surface area contributed by atoms with Crippen LogP contribution in [-0.2, 0) is 32.8 Å². The van der Waals surface area contributed by atoms with E-state index in [4.69, 9.17) is 4.74 Å². The number of carbonyl (C=O) groups excluding carboxylic acids is 2. The molecule has 1 fully saturated rings. The second-order valence-corrected chi connectivity index (χ2v) is 9.17. The van der Waals surface area contributed by atoms with Gasteiger partial charge in [-0.25, -0.2) is 14.8 Å². The Labute approximate surface area is 156 Å². The zero-order valence-corrected chi connectivity index (χ0v) is 16.1. The van der Waals surface area contributed by atoms with Crippen LogP contribution in [0.5, 0.6) is 0 Å². The third kappa shape index (κ3) is 4.71. The topological polar surface area (TPSA) is 110 Å². The minimum Gasteiger partial charge on any atom is -0.444 e. The summed E-state index contributed by atoms with van der Waals surface area (Å²) in [6.45, 7) is 5.90. The third-order valence-corrected chi connectivity index (χ3v) is 5.05. The van der Waals surface area contributed by atoms with E-state index >= 15 is 0 Å². The van der Waals surface area contributed by atoms with Crippen molar-refractivity contribution < 1.29 is 26.6 Å². The van der Waals surface area contributed by atoms with Gasteiger partial charge in [0.25, 0.3) is 0 Å². The summed E-state index contributed by atoms with van der Waals surface area (Å²) >= 11 is 0. The van der Waals surface area contributed by atoms with E-state index in [0.717, 1.165) is 5.56 Å². The molecule has 148 valence electrons. The van der Waals surface area contributed by atoms with Crippen LogP contribution >= 0.6 is 0 Å². The molecule has 0 spiro atoms. The second-order valence-electron chi connectivity index (χ2n) is 7.76. The van der Waals surface area contributed by atoms with E-state index in [1.54, 1.807) is 20.8 Å². The summed E-state index contributed by atoms with van der Waals surface area (Å²) in [4.78, 5) is 35.6. The summed E-state index contributed by atoms with van der Waals surface area (Å²) in [6, 6.07) is 0. The lowest BCUT2D eigenvalue weighted by atomic mass is 10.1. The van der Waals surface area contributed by atoms with Gasteiger partial charge in [-0.3, -0.25) is 14.6 Å². The Hall–Kier alpha value is -2.30. The van der Waals surface area contributed by atoms with E-state index < -0.39 is 33.6 Å². The number of amides is 2. The summed E-state index contributed by atoms with van der Waals surface area (Å²) in [5.74, 6) is -1.57. The van der Waals surface area contributed by atoms with Gasteiger partial charge in [0.1, 0.15) is 5.60 Å². The number of nitrogens with zero attached hydrogens (tertiary/aromatic N) is 4. The number of rotatable bonds is 3. The molecule has 0 radical (unpaired) electrons.